The smallest absolute Gasteiger partial charge is 0.257 e. The highest BCUT2D eigenvalue weighted by Gasteiger charge is 2.08. The molecule has 0 saturated heterocycles. The van der Waals surface area contributed by atoms with Crippen LogP contribution in [0.3, 0.4) is 0 Å². The van der Waals surface area contributed by atoms with Crippen LogP contribution in [0.1, 0.15) is 20.9 Å². The Kier molecular flexibility index (Phi) is 2.96. The number of carbonyl (C=O) groups is 1. The Hall–Kier alpha value is -1.75. The average molecular weight is 233 g/mol. The third-order valence-electron chi connectivity index (χ3n) is 2.03. The minimum absolute atomic E-state index is 0.153. The summed E-state index contributed by atoms with van der Waals surface area (Å²) < 4.78 is 0. The molecule has 0 aliphatic carbocycles. The van der Waals surface area contributed by atoms with Crippen molar-refractivity contribution in [1.29, 1.82) is 0 Å². The molecule has 0 aliphatic heterocycles. The van der Waals surface area contributed by atoms with Gasteiger partial charge in [0.15, 0.2) is 0 Å². The zero-order valence-corrected chi connectivity index (χ0v) is 9.84. The van der Waals surface area contributed by atoms with Crippen LogP contribution in [0.15, 0.2) is 24.3 Å². The monoisotopic (exact) mass is 233 g/mol. The van der Waals surface area contributed by atoms with Crippen LogP contribution >= 0.6 is 11.3 Å². The van der Waals surface area contributed by atoms with Crippen molar-refractivity contribution in [3.8, 4) is 0 Å². The van der Waals surface area contributed by atoms with E-state index in [0.29, 0.717) is 10.7 Å². The predicted octanol–water partition coefficient (Wildman–Crippen LogP) is 2.41. The molecule has 1 N–H and O–H groups in total. The van der Waals surface area contributed by atoms with Gasteiger partial charge in [0.05, 0.1) is 0 Å². The molecule has 2 aromatic rings. The Morgan fingerprint density at radius 1 is 1.31 bits per heavy atom. The first-order valence-electron chi connectivity index (χ1n) is 4.83. The molecule has 0 radical (unpaired) electrons. The third kappa shape index (κ3) is 2.43. The maximum absolute atomic E-state index is 11.8. The number of nitrogens with zero attached hydrogens (tertiary/aromatic N) is 2. The molecule has 2 rings (SSSR count). The molecule has 0 atom stereocenters. The summed E-state index contributed by atoms with van der Waals surface area (Å²) in [6.07, 6.45) is 0. The molecule has 0 saturated carbocycles. The van der Waals surface area contributed by atoms with Crippen molar-refractivity contribution in [3.05, 3.63) is 40.4 Å². The fourth-order valence-corrected chi connectivity index (χ4v) is 1.89. The first kappa shape index (κ1) is 10.8. The van der Waals surface area contributed by atoms with Crippen LogP contribution in [0, 0.1) is 13.8 Å². The van der Waals surface area contributed by atoms with Crippen LogP contribution in [-0.4, -0.2) is 16.1 Å². The second kappa shape index (κ2) is 4.40. The van der Waals surface area contributed by atoms with Crippen molar-refractivity contribution < 1.29 is 4.79 Å². The van der Waals surface area contributed by atoms with E-state index in [1.807, 2.05) is 32.0 Å². The molecule has 16 heavy (non-hydrogen) atoms. The van der Waals surface area contributed by atoms with Gasteiger partial charge >= 0.3 is 0 Å². The summed E-state index contributed by atoms with van der Waals surface area (Å²) in [4.78, 5) is 11.8. The van der Waals surface area contributed by atoms with Crippen LogP contribution in [0.25, 0.3) is 0 Å². The van der Waals surface area contributed by atoms with Gasteiger partial charge in [-0.2, -0.15) is 0 Å². The molecule has 5 heteroatoms. The van der Waals surface area contributed by atoms with Gasteiger partial charge in [0.1, 0.15) is 5.01 Å². The minimum Gasteiger partial charge on any atom is -0.296 e. The highest BCUT2D eigenvalue weighted by molar-refractivity contribution is 7.15. The van der Waals surface area contributed by atoms with Gasteiger partial charge in [0, 0.05) is 5.56 Å². The van der Waals surface area contributed by atoms with E-state index >= 15 is 0 Å². The van der Waals surface area contributed by atoms with Crippen LogP contribution in [0.2, 0.25) is 0 Å². The van der Waals surface area contributed by atoms with Gasteiger partial charge < -0.3 is 0 Å². The van der Waals surface area contributed by atoms with Crippen molar-refractivity contribution in [2.45, 2.75) is 13.8 Å². The summed E-state index contributed by atoms with van der Waals surface area (Å²) in [5.74, 6) is -0.153. The lowest BCUT2D eigenvalue weighted by molar-refractivity contribution is 0.102. The highest BCUT2D eigenvalue weighted by Crippen LogP contribution is 2.15. The number of hydrogen-bond donors (Lipinski definition) is 1. The number of hydrogen-bond acceptors (Lipinski definition) is 4. The molecule has 1 heterocycles. The van der Waals surface area contributed by atoms with Crippen LogP contribution in [0.5, 0.6) is 0 Å². The quantitative estimate of drug-likeness (QED) is 0.866. The van der Waals surface area contributed by atoms with Crippen LogP contribution < -0.4 is 5.32 Å². The number of amides is 1. The minimum atomic E-state index is -0.153. The van der Waals surface area contributed by atoms with Gasteiger partial charge in [0.2, 0.25) is 5.13 Å². The SMILES string of the molecule is Cc1cccc(C(=O)Nc2nnc(C)s2)c1. The lowest BCUT2D eigenvalue weighted by atomic mass is 10.1. The van der Waals surface area contributed by atoms with Crippen molar-refractivity contribution in [3.63, 3.8) is 0 Å². The van der Waals surface area contributed by atoms with Crippen LogP contribution in [-0.2, 0) is 0 Å². The van der Waals surface area contributed by atoms with Gasteiger partial charge in [-0.3, -0.25) is 10.1 Å². The Bertz CT molecular complexity index is 521. The second-order valence-electron chi connectivity index (χ2n) is 3.45. The van der Waals surface area contributed by atoms with E-state index in [1.54, 1.807) is 6.07 Å². The summed E-state index contributed by atoms with van der Waals surface area (Å²) >= 11 is 1.36. The summed E-state index contributed by atoms with van der Waals surface area (Å²) in [7, 11) is 0. The van der Waals surface area contributed by atoms with Crippen LogP contribution in [0.4, 0.5) is 5.13 Å². The summed E-state index contributed by atoms with van der Waals surface area (Å²) in [6.45, 7) is 3.80. The summed E-state index contributed by atoms with van der Waals surface area (Å²) in [5.41, 5.74) is 1.69. The van der Waals surface area contributed by atoms with E-state index in [-0.39, 0.29) is 5.91 Å². The maximum atomic E-state index is 11.8. The highest BCUT2D eigenvalue weighted by atomic mass is 32.1. The third-order valence-corrected chi connectivity index (χ3v) is 2.78. The Labute approximate surface area is 97.3 Å². The Balaban J connectivity index is 2.14. The number of carbonyl (C=O) groups excluding carboxylic acids is 1. The van der Waals surface area contributed by atoms with E-state index in [0.717, 1.165) is 10.6 Å². The molecule has 1 amide bonds. The van der Waals surface area contributed by atoms with Crippen molar-refractivity contribution in [1.82, 2.24) is 10.2 Å². The predicted molar refractivity (Wildman–Crippen MR) is 63.8 cm³/mol. The number of aromatic nitrogens is 2. The van der Waals surface area contributed by atoms with Gasteiger partial charge in [-0.1, -0.05) is 29.0 Å². The molecule has 1 aromatic heterocycles. The lowest BCUT2D eigenvalue weighted by Gasteiger charge is -2.01. The first-order chi connectivity index (χ1) is 7.65. The molecular weight excluding hydrogens is 222 g/mol. The second-order valence-corrected chi connectivity index (χ2v) is 4.63. The Morgan fingerprint density at radius 3 is 2.75 bits per heavy atom. The van der Waals surface area contributed by atoms with E-state index < -0.39 is 0 Å². The molecule has 4 nitrogen and oxygen atoms in total. The maximum Gasteiger partial charge on any atom is 0.257 e. The van der Waals surface area contributed by atoms with Gasteiger partial charge in [0.25, 0.3) is 5.91 Å². The average Bonchev–Trinajstić information content (AvgIpc) is 2.64. The van der Waals surface area contributed by atoms with Crippen molar-refractivity contribution in [2.24, 2.45) is 0 Å². The molecule has 0 bridgehead atoms. The number of nitrogens with one attached hydrogen (secondary N) is 1. The van der Waals surface area contributed by atoms with Gasteiger partial charge in [-0.25, -0.2) is 0 Å². The van der Waals surface area contributed by atoms with E-state index in [2.05, 4.69) is 15.5 Å². The topological polar surface area (TPSA) is 54.9 Å². The molecule has 1 aromatic carbocycles. The summed E-state index contributed by atoms with van der Waals surface area (Å²) in [6, 6.07) is 7.42. The summed E-state index contributed by atoms with van der Waals surface area (Å²) in [5, 5.41) is 11.8. The zero-order chi connectivity index (χ0) is 11.5. The molecule has 0 spiro atoms. The molecule has 0 fully saturated rings. The zero-order valence-electron chi connectivity index (χ0n) is 9.02. The normalized spacial score (nSPS) is 10.1. The number of rotatable bonds is 2. The molecule has 0 unspecified atom stereocenters. The number of benzene rings is 1. The van der Waals surface area contributed by atoms with Gasteiger partial charge in [-0.05, 0) is 26.0 Å². The van der Waals surface area contributed by atoms with E-state index in [4.69, 9.17) is 0 Å². The first-order valence-corrected chi connectivity index (χ1v) is 5.65. The van der Waals surface area contributed by atoms with Crippen molar-refractivity contribution >= 4 is 22.4 Å². The van der Waals surface area contributed by atoms with E-state index in [1.165, 1.54) is 11.3 Å². The fourth-order valence-electron chi connectivity index (χ4n) is 1.30. The number of aryl methyl sites for hydroxylation is 2. The lowest BCUT2D eigenvalue weighted by Crippen LogP contribution is -2.11. The van der Waals surface area contributed by atoms with Crippen molar-refractivity contribution in [2.75, 3.05) is 5.32 Å². The standard InChI is InChI=1S/C11H11N3OS/c1-7-4-3-5-9(6-7)10(15)12-11-14-13-8(2)16-11/h3-6H,1-2H3,(H,12,14,15). The largest absolute Gasteiger partial charge is 0.296 e. The Morgan fingerprint density at radius 2 is 2.12 bits per heavy atom. The molecule has 82 valence electrons. The molecule has 0 aliphatic rings. The molecular formula is C11H11N3OS. The van der Waals surface area contributed by atoms with Gasteiger partial charge in [-0.15, -0.1) is 10.2 Å². The van der Waals surface area contributed by atoms with E-state index in [9.17, 15) is 4.79 Å². The fraction of sp³-hybridized carbons (Fsp3) is 0.182. The number of anilines is 1.